The summed E-state index contributed by atoms with van der Waals surface area (Å²) >= 11 is 1.73. The fourth-order valence-corrected chi connectivity index (χ4v) is 5.27. The van der Waals surface area contributed by atoms with E-state index in [0.29, 0.717) is 17.5 Å². The Kier molecular flexibility index (Phi) is 6.88. The summed E-state index contributed by atoms with van der Waals surface area (Å²) in [5, 5.41) is 10.3. The van der Waals surface area contributed by atoms with Crippen molar-refractivity contribution in [2.75, 3.05) is 11.4 Å². The molecule has 1 aromatic rings. The van der Waals surface area contributed by atoms with Crippen molar-refractivity contribution in [2.24, 2.45) is 10.9 Å². The molecule has 1 fully saturated rings. The van der Waals surface area contributed by atoms with Gasteiger partial charge in [-0.2, -0.15) is 4.99 Å². The zero-order chi connectivity index (χ0) is 21.0. The lowest BCUT2D eigenvalue weighted by Gasteiger charge is -2.34. The fourth-order valence-electron chi connectivity index (χ4n) is 3.80. The Morgan fingerprint density at radius 3 is 2.48 bits per heavy atom. The molecule has 29 heavy (non-hydrogen) atoms. The highest BCUT2D eigenvalue weighted by Gasteiger charge is 2.36. The molecule has 1 heterocycles. The highest BCUT2D eigenvalue weighted by molar-refractivity contribution is 8.14. The number of carbonyl (C=O) groups is 2. The summed E-state index contributed by atoms with van der Waals surface area (Å²) < 4.78 is 5.58. The average molecular weight is 419 g/mol. The molecule has 2 unspecified atom stereocenters. The molecule has 0 radical (unpaired) electrons. The van der Waals surface area contributed by atoms with Gasteiger partial charge in [-0.05, 0) is 57.9 Å². The van der Waals surface area contributed by atoms with Gasteiger partial charge in [-0.25, -0.2) is 4.79 Å². The van der Waals surface area contributed by atoms with Crippen molar-refractivity contribution in [1.82, 2.24) is 0 Å². The summed E-state index contributed by atoms with van der Waals surface area (Å²) in [6, 6.07) is 7.29. The molecule has 1 aromatic carbocycles. The van der Waals surface area contributed by atoms with Crippen molar-refractivity contribution in [3.8, 4) is 5.75 Å². The monoisotopic (exact) mass is 418 g/mol. The second-order valence-electron chi connectivity index (χ2n) is 8.14. The molecule has 6 nitrogen and oxygen atoms in total. The number of aliphatic imine (C=N–C) groups is 1. The van der Waals surface area contributed by atoms with Crippen molar-refractivity contribution in [3.05, 3.63) is 24.3 Å². The van der Waals surface area contributed by atoms with E-state index in [1.807, 2.05) is 24.0 Å². The lowest BCUT2D eigenvalue weighted by Crippen LogP contribution is -2.39. The Hall–Kier alpha value is -2.02. The van der Waals surface area contributed by atoms with E-state index in [9.17, 15) is 14.7 Å². The Morgan fingerprint density at radius 2 is 1.86 bits per heavy atom. The van der Waals surface area contributed by atoms with E-state index in [4.69, 9.17) is 4.74 Å². The number of ether oxygens (including phenoxy) is 1. The summed E-state index contributed by atoms with van der Waals surface area (Å²) in [4.78, 5) is 30.5. The van der Waals surface area contributed by atoms with Gasteiger partial charge in [-0.1, -0.05) is 37.4 Å². The summed E-state index contributed by atoms with van der Waals surface area (Å²) in [7, 11) is 0. The second-order valence-corrected chi connectivity index (χ2v) is 9.35. The maximum absolute atomic E-state index is 12.7. The fraction of sp³-hybridized carbons (Fsp3) is 0.591. The van der Waals surface area contributed by atoms with E-state index in [0.717, 1.165) is 30.1 Å². The quantitative estimate of drug-likeness (QED) is 0.745. The summed E-state index contributed by atoms with van der Waals surface area (Å²) in [6.45, 7) is 5.77. The van der Waals surface area contributed by atoms with E-state index in [2.05, 4.69) is 4.99 Å². The largest absolute Gasteiger partial charge is 0.478 e. The van der Waals surface area contributed by atoms with E-state index in [1.54, 1.807) is 23.9 Å². The van der Waals surface area contributed by atoms with Crippen LogP contribution in [0.15, 0.2) is 29.3 Å². The van der Waals surface area contributed by atoms with Crippen molar-refractivity contribution in [2.45, 2.75) is 70.1 Å². The Bertz CT molecular complexity index is 776. The molecule has 0 spiro atoms. The van der Waals surface area contributed by atoms with Gasteiger partial charge in [0, 0.05) is 17.5 Å². The van der Waals surface area contributed by atoms with Gasteiger partial charge >= 0.3 is 5.97 Å². The standard InChI is InChI=1S/C22H30N2O4S/c1-4-24(15-11-13-16(14-12-15)28-22(2,3)20(26)27)21-23-19(25)17-9-7-5-6-8-10-18(17)29-21/h11-14,17-18H,4-10H2,1-3H3,(H,26,27). The molecule has 1 N–H and O–H groups in total. The van der Waals surface area contributed by atoms with Gasteiger partial charge in [0.2, 0.25) is 0 Å². The van der Waals surface area contributed by atoms with Crippen molar-refractivity contribution in [3.63, 3.8) is 0 Å². The number of amidine groups is 1. The molecule has 3 rings (SSSR count). The van der Waals surface area contributed by atoms with E-state index in [-0.39, 0.29) is 11.8 Å². The first-order valence-corrected chi connectivity index (χ1v) is 11.3. The molecule has 0 bridgehead atoms. The number of nitrogens with zero attached hydrogens (tertiary/aromatic N) is 2. The zero-order valence-corrected chi connectivity index (χ0v) is 18.2. The van der Waals surface area contributed by atoms with Crippen LogP contribution in [0.25, 0.3) is 0 Å². The van der Waals surface area contributed by atoms with Crippen LogP contribution in [0.4, 0.5) is 5.69 Å². The van der Waals surface area contributed by atoms with Crippen molar-refractivity contribution in [1.29, 1.82) is 0 Å². The van der Waals surface area contributed by atoms with Crippen molar-refractivity contribution < 1.29 is 19.4 Å². The van der Waals surface area contributed by atoms with Gasteiger partial charge in [0.25, 0.3) is 5.91 Å². The van der Waals surface area contributed by atoms with Crippen LogP contribution < -0.4 is 9.64 Å². The van der Waals surface area contributed by atoms with Crippen LogP contribution in [0.3, 0.4) is 0 Å². The SMILES string of the molecule is CCN(C1=NC(=O)C2CCCCCCC2S1)c1ccc(OC(C)(C)C(=O)O)cc1. The highest BCUT2D eigenvalue weighted by atomic mass is 32.2. The number of fused-ring (bicyclic) bond motifs is 1. The number of carboxylic acids is 1. The second kappa shape index (κ2) is 9.20. The number of hydrogen-bond donors (Lipinski definition) is 1. The van der Waals surface area contributed by atoms with Gasteiger partial charge in [0.05, 0.1) is 5.92 Å². The number of aliphatic carboxylic acids is 1. The van der Waals surface area contributed by atoms with Crippen molar-refractivity contribution >= 4 is 34.5 Å². The first-order valence-electron chi connectivity index (χ1n) is 10.4. The molecule has 1 aliphatic heterocycles. The molecule has 2 atom stereocenters. The Morgan fingerprint density at radius 1 is 1.21 bits per heavy atom. The predicted molar refractivity (Wildman–Crippen MR) is 117 cm³/mol. The van der Waals surface area contributed by atoms with Crippen LogP contribution in [0, 0.1) is 5.92 Å². The molecule has 1 aliphatic carbocycles. The Balaban J connectivity index is 1.77. The molecule has 1 amide bonds. The summed E-state index contributed by atoms with van der Waals surface area (Å²) in [5.74, 6) is -0.451. The number of hydrogen-bond acceptors (Lipinski definition) is 5. The normalized spacial score (nSPS) is 22.7. The number of carboxylic acid groups (broad SMARTS) is 1. The van der Waals surface area contributed by atoms with Gasteiger partial charge in [-0.15, -0.1) is 0 Å². The average Bonchev–Trinajstić information content (AvgIpc) is 2.64. The summed E-state index contributed by atoms with van der Waals surface area (Å²) in [6.07, 6.45) is 6.76. The molecule has 7 heteroatoms. The van der Waals surface area contributed by atoms with Crippen LogP contribution in [-0.2, 0) is 9.59 Å². The minimum Gasteiger partial charge on any atom is -0.478 e. The number of anilines is 1. The number of rotatable bonds is 5. The zero-order valence-electron chi connectivity index (χ0n) is 17.4. The third kappa shape index (κ3) is 5.13. The van der Waals surface area contributed by atoms with Crippen LogP contribution in [-0.4, -0.2) is 39.5 Å². The molecular weight excluding hydrogens is 388 g/mol. The highest BCUT2D eigenvalue weighted by Crippen LogP contribution is 2.38. The number of benzene rings is 1. The van der Waals surface area contributed by atoms with Crippen LogP contribution in [0.5, 0.6) is 5.75 Å². The molecule has 158 valence electrons. The first kappa shape index (κ1) is 21.7. The number of thioether (sulfide) groups is 1. The lowest BCUT2D eigenvalue weighted by atomic mass is 9.90. The molecule has 0 saturated heterocycles. The minimum absolute atomic E-state index is 0.0206. The maximum Gasteiger partial charge on any atom is 0.347 e. The minimum atomic E-state index is -1.30. The van der Waals surface area contributed by atoms with Gasteiger partial charge in [0.1, 0.15) is 5.75 Å². The van der Waals surface area contributed by atoms with Gasteiger partial charge in [0.15, 0.2) is 10.8 Å². The van der Waals surface area contributed by atoms with Crippen LogP contribution in [0.1, 0.15) is 59.3 Å². The predicted octanol–water partition coefficient (Wildman–Crippen LogP) is 4.72. The van der Waals surface area contributed by atoms with Gasteiger partial charge < -0.3 is 14.7 Å². The molecule has 1 saturated carbocycles. The topological polar surface area (TPSA) is 79.2 Å². The molecular formula is C22H30N2O4S. The lowest BCUT2D eigenvalue weighted by molar-refractivity contribution is -0.152. The van der Waals surface area contributed by atoms with E-state index < -0.39 is 11.6 Å². The smallest absolute Gasteiger partial charge is 0.347 e. The number of amides is 1. The van der Waals surface area contributed by atoms with E-state index >= 15 is 0 Å². The van der Waals surface area contributed by atoms with Crippen LogP contribution in [0.2, 0.25) is 0 Å². The molecule has 2 aliphatic rings. The Labute approximate surface area is 176 Å². The first-order chi connectivity index (χ1) is 13.8. The van der Waals surface area contributed by atoms with Crippen LogP contribution >= 0.6 is 11.8 Å². The molecule has 0 aromatic heterocycles. The summed E-state index contributed by atoms with van der Waals surface area (Å²) in [5.41, 5.74) is -0.383. The number of carbonyl (C=O) groups excluding carboxylic acids is 1. The third-order valence-corrected chi connectivity index (χ3v) is 6.96. The van der Waals surface area contributed by atoms with E-state index in [1.165, 1.54) is 33.1 Å². The third-order valence-electron chi connectivity index (χ3n) is 5.57. The van der Waals surface area contributed by atoms with Gasteiger partial charge in [-0.3, -0.25) is 4.79 Å². The maximum atomic E-state index is 12.7.